The van der Waals surface area contributed by atoms with Crippen molar-refractivity contribution in [1.82, 2.24) is 14.2 Å². The smallest absolute Gasteiger partial charge is 0.261 e. The van der Waals surface area contributed by atoms with E-state index in [-0.39, 0.29) is 11.4 Å². The molecule has 0 saturated heterocycles. The van der Waals surface area contributed by atoms with Gasteiger partial charge in [0.05, 0.1) is 16.6 Å². The molecular formula is C18H14FN3O. The van der Waals surface area contributed by atoms with Crippen LogP contribution < -0.4 is 5.56 Å². The zero-order chi connectivity index (χ0) is 16.1. The van der Waals surface area contributed by atoms with Crippen LogP contribution in [0.1, 0.15) is 5.56 Å². The van der Waals surface area contributed by atoms with E-state index in [1.807, 2.05) is 25.1 Å². The lowest BCUT2D eigenvalue weighted by Gasteiger charge is -2.06. The van der Waals surface area contributed by atoms with Crippen molar-refractivity contribution in [3.63, 3.8) is 0 Å². The van der Waals surface area contributed by atoms with Crippen molar-refractivity contribution in [2.45, 2.75) is 6.92 Å². The summed E-state index contributed by atoms with van der Waals surface area (Å²) in [6.45, 7) is 1.97. The first-order chi connectivity index (χ1) is 11.0. The van der Waals surface area contributed by atoms with Gasteiger partial charge in [0.2, 0.25) is 0 Å². The molecule has 2 aromatic carbocycles. The Kier molecular flexibility index (Phi) is 2.84. The maximum Gasteiger partial charge on any atom is 0.261 e. The number of nitrogens with zero attached hydrogens (tertiary/aromatic N) is 3. The van der Waals surface area contributed by atoms with Crippen molar-refractivity contribution in [3.8, 4) is 11.3 Å². The maximum absolute atomic E-state index is 13.5. The number of halogens is 1. The van der Waals surface area contributed by atoms with Gasteiger partial charge in [-0.2, -0.15) is 5.10 Å². The molecule has 2 heterocycles. The third-order valence-corrected chi connectivity index (χ3v) is 4.07. The lowest BCUT2D eigenvalue weighted by Crippen LogP contribution is -2.19. The van der Waals surface area contributed by atoms with Crippen LogP contribution in [0.15, 0.2) is 53.3 Å². The number of fused-ring (bicyclic) bond motifs is 3. The molecule has 4 rings (SSSR count). The van der Waals surface area contributed by atoms with Crippen LogP contribution in [-0.4, -0.2) is 14.2 Å². The summed E-state index contributed by atoms with van der Waals surface area (Å²) in [7, 11) is 1.72. The van der Waals surface area contributed by atoms with Crippen LogP contribution in [0.3, 0.4) is 0 Å². The van der Waals surface area contributed by atoms with E-state index in [1.165, 1.54) is 12.1 Å². The Morgan fingerprint density at radius 2 is 1.91 bits per heavy atom. The number of benzene rings is 2. The second kappa shape index (κ2) is 4.78. The summed E-state index contributed by atoms with van der Waals surface area (Å²) in [6, 6.07) is 13.8. The highest BCUT2D eigenvalue weighted by molar-refractivity contribution is 5.82. The minimum atomic E-state index is -0.311. The number of rotatable bonds is 1. The van der Waals surface area contributed by atoms with E-state index in [4.69, 9.17) is 0 Å². The van der Waals surface area contributed by atoms with Gasteiger partial charge in [0.1, 0.15) is 11.5 Å². The minimum absolute atomic E-state index is 0.0711. The third-order valence-electron chi connectivity index (χ3n) is 4.07. The van der Waals surface area contributed by atoms with E-state index >= 15 is 0 Å². The Hall–Kier alpha value is -2.95. The fraction of sp³-hybridized carbons (Fsp3) is 0.111. The second-order valence-corrected chi connectivity index (χ2v) is 5.69. The van der Waals surface area contributed by atoms with Gasteiger partial charge < -0.3 is 0 Å². The van der Waals surface area contributed by atoms with E-state index < -0.39 is 0 Å². The van der Waals surface area contributed by atoms with Crippen LogP contribution in [-0.2, 0) is 7.05 Å². The largest absolute Gasteiger partial charge is 0.296 e. The van der Waals surface area contributed by atoms with E-state index in [2.05, 4.69) is 5.10 Å². The molecule has 0 aliphatic heterocycles. The molecule has 0 radical (unpaired) electrons. The van der Waals surface area contributed by atoms with Crippen LogP contribution in [0.2, 0.25) is 0 Å². The number of hydrogen-bond acceptors (Lipinski definition) is 2. The highest BCUT2D eigenvalue weighted by Crippen LogP contribution is 2.22. The molecule has 4 nitrogen and oxygen atoms in total. The average molecular weight is 307 g/mol. The molecular weight excluding hydrogens is 293 g/mol. The topological polar surface area (TPSA) is 39.3 Å². The summed E-state index contributed by atoms with van der Waals surface area (Å²) in [5.41, 5.74) is 3.72. The third kappa shape index (κ3) is 2.04. The molecule has 2 aromatic heterocycles. The fourth-order valence-electron chi connectivity index (χ4n) is 2.86. The Labute approximate surface area is 131 Å². The maximum atomic E-state index is 13.5. The molecule has 0 spiro atoms. The highest BCUT2D eigenvalue weighted by Gasteiger charge is 2.13. The van der Waals surface area contributed by atoms with Crippen molar-refractivity contribution in [3.05, 3.63) is 70.3 Å². The molecule has 5 heteroatoms. The Bertz CT molecular complexity index is 1120. The van der Waals surface area contributed by atoms with Crippen LogP contribution in [0.4, 0.5) is 4.39 Å². The molecule has 23 heavy (non-hydrogen) atoms. The van der Waals surface area contributed by atoms with Gasteiger partial charge in [-0.1, -0.05) is 18.2 Å². The average Bonchev–Trinajstić information content (AvgIpc) is 2.98. The predicted octanol–water partition coefficient (Wildman–Crippen LogP) is 3.30. The predicted molar refractivity (Wildman–Crippen MR) is 88.1 cm³/mol. The molecule has 0 atom stereocenters. The van der Waals surface area contributed by atoms with Gasteiger partial charge >= 0.3 is 0 Å². The number of aryl methyl sites for hydroxylation is 2. The second-order valence-electron chi connectivity index (χ2n) is 5.69. The van der Waals surface area contributed by atoms with Crippen molar-refractivity contribution in [2.24, 2.45) is 7.05 Å². The monoisotopic (exact) mass is 307 g/mol. The highest BCUT2D eigenvalue weighted by atomic mass is 19.1. The van der Waals surface area contributed by atoms with Gasteiger partial charge in [-0.25, -0.2) is 8.91 Å². The number of aromatic nitrogens is 3. The zero-order valence-electron chi connectivity index (χ0n) is 12.7. The van der Waals surface area contributed by atoms with Crippen molar-refractivity contribution >= 4 is 16.6 Å². The summed E-state index contributed by atoms with van der Waals surface area (Å²) in [4.78, 5) is 12.5. The van der Waals surface area contributed by atoms with Crippen molar-refractivity contribution in [2.75, 3.05) is 0 Å². The molecule has 0 aliphatic carbocycles. The van der Waals surface area contributed by atoms with E-state index in [9.17, 15) is 9.18 Å². The normalized spacial score (nSPS) is 11.4. The summed E-state index contributed by atoms with van der Waals surface area (Å²) < 4.78 is 16.8. The molecule has 0 amide bonds. The van der Waals surface area contributed by atoms with Crippen molar-refractivity contribution < 1.29 is 4.39 Å². The van der Waals surface area contributed by atoms with E-state index in [0.29, 0.717) is 22.3 Å². The summed E-state index contributed by atoms with van der Waals surface area (Å²) in [5, 5.41) is 5.20. The number of hydrogen-bond donors (Lipinski definition) is 0. The van der Waals surface area contributed by atoms with Gasteiger partial charge in [0.25, 0.3) is 5.56 Å². The molecule has 0 aliphatic rings. The molecule has 114 valence electrons. The Morgan fingerprint density at radius 1 is 1.09 bits per heavy atom. The fourth-order valence-corrected chi connectivity index (χ4v) is 2.86. The first kappa shape index (κ1) is 13.7. The van der Waals surface area contributed by atoms with Gasteiger partial charge in [0, 0.05) is 18.7 Å². The van der Waals surface area contributed by atoms with Gasteiger partial charge in [0.15, 0.2) is 0 Å². The first-order valence-electron chi connectivity index (χ1n) is 7.30. The Balaban J connectivity index is 2.12. The quantitative estimate of drug-likeness (QED) is 0.541. The lowest BCUT2D eigenvalue weighted by molar-refractivity contribution is 0.628. The zero-order valence-corrected chi connectivity index (χ0v) is 12.7. The standard InChI is InChI=1S/C18H14FN3O/c1-11-6-7-14-16(8-11)22-17(21(2)18(14)23)10-15(20-22)12-4-3-5-13(19)9-12/h3-10H,1-2H3. The lowest BCUT2D eigenvalue weighted by atomic mass is 10.1. The van der Waals surface area contributed by atoms with Crippen LogP contribution in [0, 0.1) is 12.7 Å². The van der Waals surface area contributed by atoms with Gasteiger partial charge in [-0.3, -0.25) is 9.36 Å². The molecule has 0 bridgehead atoms. The van der Waals surface area contributed by atoms with Crippen LogP contribution in [0.5, 0.6) is 0 Å². The van der Waals surface area contributed by atoms with Gasteiger partial charge in [-0.15, -0.1) is 0 Å². The molecule has 4 aromatic rings. The SMILES string of the molecule is Cc1ccc2c(=O)n(C)c3cc(-c4cccc(F)c4)nn3c2c1. The van der Waals surface area contributed by atoms with Gasteiger partial charge in [-0.05, 0) is 36.8 Å². The molecule has 0 fully saturated rings. The summed E-state index contributed by atoms with van der Waals surface area (Å²) >= 11 is 0. The van der Waals surface area contributed by atoms with E-state index in [0.717, 1.165) is 11.1 Å². The minimum Gasteiger partial charge on any atom is -0.296 e. The molecule has 0 unspecified atom stereocenters. The summed E-state index contributed by atoms with van der Waals surface area (Å²) in [6.07, 6.45) is 0. The van der Waals surface area contributed by atoms with Crippen LogP contribution in [0.25, 0.3) is 27.8 Å². The first-order valence-corrected chi connectivity index (χ1v) is 7.30. The Morgan fingerprint density at radius 3 is 2.70 bits per heavy atom. The molecule has 0 saturated carbocycles. The van der Waals surface area contributed by atoms with Crippen LogP contribution >= 0.6 is 0 Å². The van der Waals surface area contributed by atoms with Crippen molar-refractivity contribution in [1.29, 1.82) is 0 Å². The summed E-state index contributed by atoms with van der Waals surface area (Å²) in [5.74, 6) is -0.311. The molecule has 0 N–H and O–H groups in total. The van der Waals surface area contributed by atoms with E-state index in [1.54, 1.807) is 34.3 Å².